The number of carbonyl (C=O) groups excluding carboxylic acids is 2. The molecule has 1 aromatic rings. The van der Waals surface area contributed by atoms with E-state index in [1.54, 1.807) is 12.0 Å². The van der Waals surface area contributed by atoms with Gasteiger partial charge in [-0.05, 0) is 43.4 Å². The Hall–Kier alpha value is -1.71. The molecule has 1 saturated carbocycles. The summed E-state index contributed by atoms with van der Waals surface area (Å²) in [6, 6.07) is 5.67. The molecule has 2 N–H and O–H groups in total. The van der Waals surface area contributed by atoms with Crippen molar-refractivity contribution in [3.8, 4) is 11.5 Å². The van der Waals surface area contributed by atoms with E-state index < -0.39 is 17.9 Å². The number of nitrogens with two attached hydrogens (primary N) is 1. The molecular weight excluding hydrogens is 463 g/mol. The summed E-state index contributed by atoms with van der Waals surface area (Å²) in [6.45, 7) is 0.364. The standard InChI is InChI=1S/C19H25IN2O5/c1-25-14-8-7-11(9-15(14)27-12-5-3-4-6-12)13-10-22(19(24)26-2)17(20)16(13)18(21)23/h7-9,12-13,16-17H,3-6,10H2,1-2H3,(H2,21,23). The van der Waals surface area contributed by atoms with Crippen molar-refractivity contribution in [1.29, 1.82) is 0 Å². The summed E-state index contributed by atoms with van der Waals surface area (Å²) < 4.78 is 16.1. The van der Waals surface area contributed by atoms with Crippen LogP contribution in [0.3, 0.4) is 0 Å². The maximum atomic E-state index is 12.1. The van der Waals surface area contributed by atoms with Gasteiger partial charge in [0.1, 0.15) is 0 Å². The Morgan fingerprint density at radius 2 is 1.89 bits per heavy atom. The van der Waals surface area contributed by atoms with Crippen LogP contribution in [-0.4, -0.2) is 47.8 Å². The molecule has 8 heteroatoms. The van der Waals surface area contributed by atoms with E-state index in [1.165, 1.54) is 20.0 Å². The quantitative estimate of drug-likeness (QED) is 0.391. The Morgan fingerprint density at radius 1 is 1.19 bits per heavy atom. The minimum Gasteiger partial charge on any atom is -0.493 e. The van der Waals surface area contributed by atoms with Gasteiger partial charge in [-0.25, -0.2) is 4.79 Å². The minimum atomic E-state index is -0.502. The summed E-state index contributed by atoms with van der Waals surface area (Å²) in [7, 11) is 2.94. The summed E-state index contributed by atoms with van der Waals surface area (Å²) in [5, 5.41) is 0. The summed E-state index contributed by atoms with van der Waals surface area (Å²) in [5.74, 6) is 0.180. The molecule has 3 unspecified atom stereocenters. The van der Waals surface area contributed by atoms with Crippen molar-refractivity contribution < 1.29 is 23.8 Å². The van der Waals surface area contributed by atoms with E-state index >= 15 is 0 Å². The van der Waals surface area contributed by atoms with Crippen LogP contribution in [0.5, 0.6) is 11.5 Å². The van der Waals surface area contributed by atoms with Crippen molar-refractivity contribution >= 4 is 34.6 Å². The third kappa shape index (κ3) is 4.09. The van der Waals surface area contributed by atoms with Gasteiger partial charge in [0.15, 0.2) is 11.5 Å². The molecule has 148 valence electrons. The zero-order valence-electron chi connectivity index (χ0n) is 15.5. The van der Waals surface area contributed by atoms with Crippen LogP contribution in [0.15, 0.2) is 18.2 Å². The largest absolute Gasteiger partial charge is 0.493 e. The summed E-state index contributed by atoms with van der Waals surface area (Å²) in [4.78, 5) is 25.7. The van der Waals surface area contributed by atoms with E-state index in [2.05, 4.69) is 22.6 Å². The van der Waals surface area contributed by atoms with Crippen LogP contribution in [0.4, 0.5) is 4.79 Å². The number of carbonyl (C=O) groups is 2. The van der Waals surface area contributed by atoms with Crippen molar-refractivity contribution in [2.24, 2.45) is 11.7 Å². The molecule has 0 spiro atoms. The molecule has 0 radical (unpaired) electrons. The topological polar surface area (TPSA) is 91.1 Å². The molecule has 0 aromatic heterocycles. The molecule has 2 aliphatic rings. The predicted molar refractivity (Wildman–Crippen MR) is 108 cm³/mol. The van der Waals surface area contributed by atoms with Crippen molar-refractivity contribution in [2.45, 2.75) is 41.8 Å². The number of hydrogen-bond acceptors (Lipinski definition) is 5. The number of amides is 2. The fraction of sp³-hybridized carbons (Fsp3) is 0.579. The van der Waals surface area contributed by atoms with Crippen LogP contribution in [0.2, 0.25) is 0 Å². The second-order valence-electron chi connectivity index (χ2n) is 6.96. The van der Waals surface area contributed by atoms with Crippen molar-refractivity contribution in [1.82, 2.24) is 4.90 Å². The highest BCUT2D eigenvalue weighted by molar-refractivity contribution is 14.1. The first-order valence-electron chi connectivity index (χ1n) is 9.08. The van der Waals surface area contributed by atoms with Crippen LogP contribution in [0, 0.1) is 5.92 Å². The van der Waals surface area contributed by atoms with Crippen molar-refractivity contribution in [3.63, 3.8) is 0 Å². The van der Waals surface area contributed by atoms with Gasteiger partial charge in [-0.1, -0.05) is 28.7 Å². The maximum absolute atomic E-state index is 12.1. The number of benzene rings is 1. The van der Waals surface area contributed by atoms with Crippen LogP contribution >= 0.6 is 22.6 Å². The average molecular weight is 488 g/mol. The van der Waals surface area contributed by atoms with E-state index in [-0.39, 0.29) is 16.1 Å². The van der Waals surface area contributed by atoms with Crippen LogP contribution < -0.4 is 15.2 Å². The third-order valence-corrected chi connectivity index (χ3v) is 6.82. The zero-order valence-corrected chi connectivity index (χ0v) is 17.7. The lowest BCUT2D eigenvalue weighted by atomic mass is 9.88. The van der Waals surface area contributed by atoms with E-state index in [0.29, 0.717) is 18.0 Å². The number of methoxy groups -OCH3 is 2. The average Bonchev–Trinajstić information content (AvgIpc) is 3.28. The van der Waals surface area contributed by atoms with Crippen LogP contribution in [0.1, 0.15) is 37.2 Å². The molecule has 1 aromatic carbocycles. The zero-order chi connectivity index (χ0) is 19.6. The van der Waals surface area contributed by atoms with Crippen LogP contribution in [0.25, 0.3) is 0 Å². The Morgan fingerprint density at radius 3 is 2.48 bits per heavy atom. The highest BCUT2D eigenvalue weighted by Gasteiger charge is 2.47. The molecule has 1 heterocycles. The Kier molecular flexibility index (Phi) is 6.33. The highest BCUT2D eigenvalue weighted by atomic mass is 127. The van der Waals surface area contributed by atoms with Gasteiger partial charge in [-0.15, -0.1) is 0 Å². The molecule has 0 bridgehead atoms. The Bertz CT molecular complexity index is 707. The first kappa shape index (κ1) is 20.0. The van der Waals surface area contributed by atoms with E-state index in [1.807, 2.05) is 18.2 Å². The van der Waals surface area contributed by atoms with E-state index in [9.17, 15) is 9.59 Å². The van der Waals surface area contributed by atoms with Gasteiger partial charge in [-0.3, -0.25) is 9.69 Å². The first-order chi connectivity index (χ1) is 13.0. The van der Waals surface area contributed by atoms with Gasteiger partial charge >= 0.3 is 6.09 Å². The molecular formula is C19H25IN2O5. The van der Waals surface area contributed by atoms with Gasteiger partial charge in [0.25, 0.3) is 0 Å². The molecule has 27 heavy (non-hydrogen) atoms. The fourth-order valence-corrected chi connectivity index (χ4v) is 5.26. The van der Waals surface area contributed by atoms with Gasteiger partial charge in [0.2, 0.25) is 5.91 Å². The SMILES string of the molecule is COC(=O)N1CC(c2ccc(OC)c(OC3CCCC3)c2)C(C(N)=O)C1I. The van der Waals surface area contributed by atoms with Gasteiger partial charge in [0, 0.05) is 12.5 Å². The minimum absolute atomic E-state index is 0.188. The van der Waals surface area contributed by atoms with Gasteiger partial charge < -0.3 is 19.9 Å². The molecule has 1 aliphatic heterocycles. The molecule has 3 atom stereocenters. The number of rotatable bonds is 5. The highest BCUT2D eigenvalue weighted by Crippen LogP contribution is 2.43. The van der Waals surface area contributed by atoms with Crippen LogP contribution in [-0.2, 0) is 9.53 Å². The lowest BCUT2D eigenvalue weighted by molar-refractivity contribution is -0.121. The number of halogens is 1. The maximum Gasteiger partial charge on any atom is 0.410 e. The number of hydrogen-bond donors (Lipinski definition) is 1. The normalized spacial score (nSPS) is 25.4. The summed E-state index contributed by atoms with van der Waals surface area (Å²) in [5.41, 5.74) is 6.57. The second kappa shape index (κ2) is 8.53. The third-order valence-electron chi connectivity index (χ3n) is 5.37. The Labute approximate surface area is 172 Å². The fourth-order valence-electron chi connectivity index (χ4n) is 3.95. The van der Waals surface area contributed by atoms with Crippen molar-refractivity contribution in [2.75, 3.05) is 20.8 Å². The lowest BCUT2D eigenvalue weighted by Crippen LogP contribution is -2.37. The second-order valence-corrected chi connectivity index (χ2v) is 8.24. The smallest absolute Gasteiger partial charge is 0.410 e. The van der Waals surface area contributed by atoms with E-state index in [0.717, 1.165) is 18.4 Å². The molecule has 7 nitrogen and oxygen atoms in total. The predicted octanol–water partition coefficient (Wildman–Crippen LogP) is 3.04. The molecule has 2 fully saturated rings. The number of primary amides is 1. The van der Waals surface area contributed by atoms with Crippen molar-refractivity contribution in [3.05, 3.63) is 23.8 Å². The number of ether oxygens (including phenoxy) is 3. The molecule has 3 rings (SSSR count). The molecule has 1 aliphatic carbocycles. The van der Waals surface area contributed by atoms with Gasteiger partial charge in [0.05, 0.1) is 30.3 Å². The van der Waals surface area contributed by atoms with Gasteiger partial charge in [-0.2, -0.15) is 0 Å². The van der Waals surface area contributed by atoms with E-state index in [4.69, 9.17) is 19.9 Å². The first-order valence-corrected chi connectivity index (χ1v) is 10.3. The molecule has 2 amide bonds. The monoisotopic (exact) mass is 488 g/mol. The summed E-state index contributed by atoms with van der Waals surface area (Å²) in [6.07, 6.45) is 4.14. The number of nitrogens with zero attached hydrogens (tertiary/aromatic N) is 1. The number of alkyl halides is 1. The Balaban J connectivity index is 1.91. The molecule has 1 saturated heterocycles. The summed E-state index contributed by atoms with van der Waals surface area (Å²) >= 11 is 2.08. The lowest BCUT2D eigenvalue weighted by Gasteiger charge is -2.21. The number of likely N-dealkylation sites (tertiary alicyclic amines) is 1.